The molecule has 2 rings (SSSR count). The Bertz CT molecular complexity index is 500. The zero-order valence-corrected chi connectivity index (χ0v) is 11.8. The van der Waals surface area contributed by atoms with Crippen LogP contribution in [0.4, 0.5) is 4.79 Å². The van der Waals surface area contributed by atoms with Gasteiger partial charge < -0.3 is 19.5 Å². The van der Waals surface area contributed by atoms with E-state index in [4.69, 9.17) is 5.11 Å². The van der Waals surface area contributed by atoms with E-state index in [1.165, 1.54) is 0 Å². The van der Waals surface area contributed by atoms with Crippen LogP contribution < -0.4 is 0 Å². The van der Waals surface area contributed by atoms with Crippen LogP contribution in [0.1, 0.15) is 18.7 Å². The number of nitrogens with zero attached hydrogens (tertiary/aromatic N) is 4. The van der Waals surface area contributed by atoms with E-state index < -0.39 is 11.9 Å². The van der Waals surface area contributed by atoms with E-state index in [0.29, 0.717) is 26.1 Å². The average Bonchev–Trinajstić information content (AvgIpc) is 2.83. The van der Waals surface area contributed by atoms with Gasteiger partial charge in [0.05, 0.1) is 12.5 Å². The van der Waals surface area contributed by atoms with Gasteiger partial charge in [-0.1, -0.05) is 0 Å². The molecule has 1 aliphatic heterocycles. The van der Waals surface area contributed by atoms with E-state index >= 15 is 0 Å². The minimum Gasteiger partial charge on any atom is -0.481 e. The van der Waals surface area contributed by atoms with Gasteiger partial charge >= 0.3 is 12.0 Å². The van der Waals surface area contributed by atoms with Gasteiger partial charge in [0.25, 0.3) is 0 Å². The van der Waals surface area contributed by atoms with Crippen molar-refractivity contribution in [3.63, 3.8) is 0 Å². The first-order chi connectivity index (χ1) is 9.49. The van der Waals surface area contributed by atoms with Crippen LogP contribution in [0.25, 0.3) is 0 Å². The number of aromatic nitrogens is 2. The van der Waals surface area contributed by atoms with Crippen molar-refractivity contribution in [2.45, 2.75) is 19.4 Å². The molecule has 0 radical (unpaired) electrons. The fourth-order valence-corrected chi connectivity index (χ4v) is 2.42. The van der Waals surface area contributed by atoms with Crippen molar-refractivity contribution in [2.75, 3.05) is 20.1 Å². The molecule has 1 atom stereocenters. The third-order valence-corrected chi connectivity index (χ3v) is 3.67. The standard InChI is InChI=1S/C13H20N4O3/c1-15-7-5-14-11(15)9-16(2)13(20)17-6-3-4-10(8-17)12(18)19/h5,7,10H,3-4,6,8-9H2,1-2H3,(H,18,19). The van der Waals surface area contributed by atoms with Crippen molar-refractivity contribution in [3.8, 4) is 0 Å². The number of piperidine rings is 1. The van der Waals surface area contributed by atoms with Crippen LogP contribution in [-0.4, -0.2) is 56.6 Å². The number of carboxylic acids is 1. The number of rotatable bonds is 3. The molecule has 1 N–H and O–H groups in total. The van der Waals surface area contributed by atoms with Crippen LogP contribution in [0.3, 0.4) is 0 Å². The maximum absolute atomic E-state index is 12.3. The van der Waals surface area contributed by atoms with Gasteiger partial charge in [-0.15, -0.1) is 0 Å². The third kappa shape index (κ3) is 3.09. The Morgan fingerprint density at radius 2 is 2.30 bits per heavy atom. The summed E-state index contributed by atoms with van der Waals surface area (Å²) >= 11 is 0. The Hall–Kier alpha value is -2.05. The molecule has 1 saturated heterocycles. The van der Waals surface area contributed by atoms with Crippen LogP contribution in [0.2, 0.25) is 0 Å². The SMILES string of the molecule is CN(Cc1nccn1C)C(=O)N1CCCC(C(=O)O)C1. The number of aryl methyl sites for hydroxylation is 1. The maximum Gasteiger partial charge on any atom is 0.320 e. The zero-order valence-electron chi connectivity index (χ0n) is 11.8. The van der Waals surface area contributed by atoms with Gasteiger partial charge in [0.2, 0.25) is 0 Å². The van der Waals surface area contributed by atoms with E-state index in [-0.39, 0.29) is 6.03 Å². The first-order valence-electron chi connectivity index (χ1n) is 6.68. The predicted molar refractivity (Wildman–Crippen MR) is 72.0 cm³/mol. The number of carbonyl (C=O) groups is 2. The summed E-state index contributed by atoms with van der Waals surface area (Å²) in [6, 6.07) is -0.140. The summed E-state index contributed by atoms with van der Waals surface area (Å²) in [6.45, 7) is 1.32. The fraction of sp³-hybridized carbons (Fsp3) is 0.615. The van der Waals surface area contributed by atoms with Gasteiger partial charge in [-0.2, -0.15) is 0 Å². The molecule has 0 aliphatic carbocycles. The lowest BCUT2D eigenvalue weighted by Gasteiger charge is -2.33. The van der Waals surface area contributed by atoms with Crippen LogP contribution in [0.15, 0.2) is 12.4 Å². The molecule has 1 aromatic heterocycles. The third-order valence-electron chi connectivity index (χ3n) is 3.67. The number of carbonyl (C=O) groups excluding carboxylic acids is 1. The van der Waals surface area contributed by atoms with Crippen LogP contribution in [0, 0.1) is 5.92 Å². The quantitative estimate of drug-likeness (QED) is 0.887. The van der Waals surface area contributed by atoms with Crippen molar-refractivity contribution in [2.24, 2.45) is 13.0 Å². The molecule has 110 valence electrons. The molecule has 0 bridgehead atoms. The number of amides is 2. The largest absolute Gasteiger partial charge is 0.481 e. The summed E-state index contributed by atoms with van der Waals surface area (Å²) in [7, 11) is 3.59. The second-order valence-electron chi connectivity index (χ2n) is 5.22. The van der Waals surface area contributed by atoms with Crippen LogP contribution >= 0.6 is 0 Å². The highest BCUT2D eigenvalue weighted by Crippen LogP contribution is 2.18. The molecule has 1 aromatic rings. The molecular weight excluding hydrogens is 260 g/mol. The van der Waals surface area contributed by atoms with Crippen molar-refractivity contribution >= 4 is 12.0 Å². The average molecular weight is 280 g/mol. The van der Waals surface area contributed by atoms with Gasteiger partial charge in [0.15, 0.2) is 0 Å². The number of hydrogen-bond acceptors (Lipinski definition) is 3. The first kappa shape index (κ1) is 14.4. The molecule has 7 heteroatoms. The molecule has 0 spiro atoms. The normalized spacial score (nSPS) is 18.9. The lowest BCUT2D eigenvalue weighted by Crippen LogP contribution is -2.47. The van der Waals surface area contributed by atoms with E-state index in [2.05, 4.69) is 4.98 Å². The van der Waals surface area contributed by atoms with Crippen LogP contribution in [0.5, 0.6) is 0 Å². The Balaban J connectivity index is 1.96. The second-order valence-corrected chi connectivity index (χ2v) is 5.22. The Morgan fingerprint density at radius 1 is 1.55 bits per heavy atom. The van der Waals surface area contributed by atoms with Crippen molar-refractivity contribution in [1.29, 1.82) is 0 Å². The summed E-state index contributed by atoms with van der Waals surface area (Å²) in [5.74, 6) is -0.476. The van der Waals surface area contributed by atoms with E-state index in [1.54, 1.807) is 23.0 Å². The highest BCUT2D eigenvalue weighted by atomic mass is 16.4. The molecule has 2 heterocycles. The van der Waals surface area contributed by atoms with E-state index in [9.17, 15) is 9.59 Å². The number of imidazole rings is 1. The number of likely N-dealkylation sites (tertiary alicyclic amines) is 1. The first-order valence-corrected chi connectivity index (χ1v) is 6.68. The number of urea groups is 1. The predicted octanol–water partition coefficient (Wildman–Crippen LogP) is 0.769. The molecule has 0 saturated carbocycles. The van der Waals surface area contributed by atoms with E-state index in [0.717, 1.165) is 12.2 Å². The monoisotopic (exact) mass is 280 g/mol. The van der Waals surface area contributed by atoms with Gasteiger partial charge in [0, 0.05) is 39.6 Å². The number of carboxylic acid groups (broad SMARTS) is 1. The molecule has 1 aliphatic rings. The topological polar surface area (TPSA) is 78.7 Å². The second kappa shape index (κ2) is 5.94. The lowest BCUT2D eigenvalue weighted by molar-refractivity contribution is -0.143. The molecule has 7 nitrogen and oxygen atoms in total. The minimum absolute atomic E-state index is 0.140. The van der Waals surface area contributed by atoms with Crippen LogP contribution in [-0.2, 0) is 18.4 Å². The molecule has 20 heavy (non-hydrogen) atoms. The Kier molecular flexibility index (Phi) is 4.26. The maximum atomic E-state index is 12.3. The minimum atomic E-state index is -0.825. The Morgan fingerprint density at radius 3 is 2.90 bits per heavy atom. The van der Waals surface area contributed by atoms with Gasteiger partial charge in [0.1, 0.15) is 5.82 Å². The number of aliphatic carboxylic acids is 1. The fourth-order valence-electron chi connectivity index (χ4n) is 2.42. The summed E-state index contributed by atoms with van der Waals surface area (Å²) in [5, 5.41) is 9.06. The summed E-state index contributed by atoms with van der Waals surface area (Å²) in [6.07, 6.45) is 4.89. The van der Waals surface area contributed by atoms with Gasteiger partial charge in [-0.05, 0) is 12.8 Å². The van der Waals surface area contributed by atoms with Gasteiger partial charge in [-0.25, -0.2) is 9.78 Å². The lowest BCUT2D eigenvalue weighted by atomic mass is 9.99. The Labute approximate surface area is 117 Å². The molecule has 1 fully saturated rings. The highest BCUT2D eigenvalue weighted by Gasteiger charge is 2.29. The smallest absolute Gasteiger partial charge is 0.320 e. The van der Waals surface area contributed by atoms with Gasteiger partial charge in [-0.3, -0.25) is 4.79 Å². The molecule has 2 amide bonds. The van der Waals surface area contributed by atoms with Crippen molar-refractivity contribution in [1.82, 2.24) is 19.4 Å². The molecule has 0 aromatic carbocycles. The molecular formula is C13H20N4O3. The molecule has 1 unspecified atom stereocenters. The summed E-state index contributed by atoms with van der Waals surface area (Å²) < 4.78 is 1.86. The summed E-state index contributed by atoms with van der Waals surface area (Å²) in [5.41, 5.74) is 0. The summed E-state index contributed by atoms with van der Waals surface area (Å²) in [4.78, 5) is 30.7. The number of hydrogen-bond donors (Lipinski definition) is 1. The van der Waals surface area contributed by atoms with E-state index in [1.807, 2.05) is 17.8 Å². The van der Waals surface area contributed by atoms with Crippen molar-refractivity contribution in [3.05, 3.63) is 18.2 Å². The van der Waals surface area contributed by atoms with Crippen molar-refractivity contribution < 1.29 is 14.7 Å². The zero-order chi connectivity index (χ0) is 14.7. The highest BCUT2D eigenvalue weighted by molar-refractivity contribution is 5.76.